The Labute approximate surface area is 143 Å². The highest BCUT2D eigenvalue weighted by Crippen LogP contribution is 2.23. The molecule has 124 valence electrons. The van der Waals surface area contributed by atoms with Gasteiger partial charge in [0.25, 0.3) is 5.56 Å². The highest BCUT2D eigenvalue weighted by atomic mass is 16.1. The summed E-state index contributed by atoms with van der Waals surface area (Å²) in [7, 11) is 0. The minimum atomic E-state index is -0.236. The average molecular weight is 332 g/mol. The third-order valence-corrected chi connectivity index (χ3v) is 4.39. The fraction of sp³-hybridized carbons (Fsp3) is 0.222. The van der Waals surface area contributed by atoms with Crippen molar-refractivity contribution in [3.63, 3.8) is 0 Å². The maximum Gasteiger partial charge on any atom is 0.273 e. The van der Waals surface area contributed by atoms with Crippen LogP contribution in [0, 0.1) is 11.3 Å². The van der Waals surface area contributed by atoms with Crippen molar-refractivity contribution in [2.24, 2.45) is 0 Å². The van der Waals surface area contributed by atoms with Gasteiger partial charge in [0.1, 0.15) is 11.6 Å². The van der Waals surface area contributed by atoms with Crippen LogP contribution in [0.5, 0.6) is 0 Å². The number of aryl methyl sites for hydroxylation is 2. The highest BCUT2D eigenvalue weighted by Gasteiger charge is 2.15. The summed E-state index contributed by atoms with van der Waals surface area (Å²) in [6.07, 6.45) is 2.43. The molecular formula is C18H16N6O. The maximum atomic E-state index is 12.5. The Morgan fingerprint density at radius 1 is 1.28 bits per heavy atom. The highest BCUT2D eigenvalue weighted by molar-refractivity contribution is 5.84. The summed E-state index contributed by atoms with van der Waals surface area (Å²) in [5.41, 5.74) is 3.67. The Balaban J connectivity index is 1.95. The number of rotatable bonds is 3. The van der Waals surface area contributed by atoms with E-state index < -0.39 is 0 Å². The molecule has 0 atom stereocenters. The topological polar surface area (TPSA) is 91.8 Å². The first kappa shape index (κ1) is 15.1. The van der Waals surface area contributed by atoms with Gasteiger partial charge >= 0.3 is 0 Å². The second kappa shape index (κ2) is 5.60. The third kappa shape index (κ3) is 2.22. The molecule has 0 bridgehead atoms. The van der Waals surface area contributed by atoms with E-state index in [9.17, 15) is 10.1 Å². The molecule has 1 aromatic carbocycles. The Kier molecular flexibility index (Phi) is 3.39. The molecule has 3 heterocycles. The normalized spacial score (nSPS) is 11.2. The van der Waals surface area contributed by atoms with Crippen LogP contribution in [0.1, 0.15) is 25.1 Å². The first-order valence-corrected chi connectivity index (χ1v) is 8.17. The van der Waals surface area contributed by atoms with Crippen LogP contribution in [0.3, 0.4) is 0 Å². The lowest BCUT2D eigenvalue weighted by molar-refractivity contribution is 0.684. The predicted octanol–water partition coefficient (Wildman–Crippen LogP) is 2.49. The molecule has 0 aliphatic carbocycles. The average Bonchev–Trinajstić information content (AvgIpc) is 3.21. The van der Waals surface area contributed by atoms with Crippen LogP contribution < -0.4 is 5.56 Å². The lowest BCUT2D eigenvalue weighted by Crippen LogP contribution is -2.14. The number of nitrogens with one attached hydrogen (secondary N) is 1. The zero-order valence-corrected chi connectivity index (χ0v) is 13.9. The molecule has 1 N–H and O–H groups in total. The van der Waals surface area contributed by atoms with Crippen LogP contribution in [0.4, 0.5) is 0 Å². The van der Waals surface area contributed by atoms with Crippen LogP contribution in [0.25, 0.3) is 27.8 Å². The number of H-pyrrole nitrogens is 1. The predicted molar refractivity (Wildman–Crippen MR) is 94.3 cm³/mol. The quantitative estimate of drug-likeness (QED) is 0.624. The van der Waals surface area contributed by atoms with Crippen molar-refractivity contribution in [3.8, 4) is 17.3 Å². The number of hydrogen-bond donors (Lipinski definition) is 1. The van der Waals surface area contributed by atoms with Crippen molar-refractivity contribution in [3.05, 3.63) is 52.1 Å². The second-order valence-corrected chi connectivity index (χ2v) is 5.80. The van der Waals surface area contributed by atoms with Crippen LogP contribution in [0.2, 0.25) is 0 Å². The van der Waals surface area contributed by atoms with E-state index in [4.69, 9.17) is 0 Å². The van der Waals surface area contributed by atoms with Gasteiger partial charge in [0.05, 0.1) is 23.1 Å². The van der Waals surface area contributed by atoms with Gasteiger partial charge in [0.15, 0.2) is 5.65 Å². The second-order valence-electron chi connectivity index (χ2n) is 5.80. The molecule has 0 fully saturated rings. The number of nitrogens with zero attached hydrogens (tertiary/aromatic N) is 5. The minimum Gasteiger partial charge on any atom is -0.292 e. The number of hydrogen-bond acceptors (Lipinski definition) is 4. The first-order valence-electron chi connectivity index (χ1n) is 8.17. The van der Waals surface area contributed by atoms with Gasteiger partial charge in [-0.25, -0.2) is 4.98 Å². The van der Waals surface area contributed by atoms with Gasteiger partial charge in [-0.05, 0) is 25.5 Å². The number of aromatic amines is 1. The van der Waals surface area contributed by atoms with Crippen molar-refractivity contribution >= 4 is 16.6 Å². The molecule has 0 amide bonds. The lowest BCUT2D eigenvalue weighted by Gasteiger charge is -2.03. The summed E-state index contributed by atoms with van der Waals surface area (Å²) in [5, 5.41) is 17.7. The molecule has 4 aromatic rings. The van der Waals surface area contributed by atoms with Crippen molar-refractivity contribution in [2.45, 2.75) is 26.8 Å². The fourth-order valence-electron chi connectivity index (χ4n) is 3.10. The van der Waals surface area contributed by atoms with Crippen molar-refractivity contribution in [2.75, 3.05) is 0 Å². The molecule has 0 spiro atoms. The Morgan fingerprint density at radius 3 is 2.84 bits per heavy atom. The SMILES string of the molecule is CCc1[nH]n2c(=O)cc(-c3ccc4c(cnn4CC)c3)nc2c1C#N. The zero-order chi connectivity index (χ0) is 17.6. The number of benzene rings is 1. The maximum absolute atomic E-state index is 12.5. The number of aromatic nitrogens is 5. The molecule has 0 unspecified atom stereocenters. The summed E-state index contributed by atoms with van der Waals surface area (Å²) in [6.45, 7) is 4.76. The standard InChI is InChI=1S/C18H16N6O/c1-3-14-13(9-19)18-21-15(8-17(25)24(18)22-14)11-5-6-16-12(7-11)10-20-23(16)4-2/h5-8,10,22H,3-4H2,1-2H3. The monoisotopic (exact) mass is 332 g/mol. The van der Waals surface area contributed by atoms with E-state index in [-0.39, 0.29) is 5.56 Å². The van der Waals surface area contributed by atoms with Crippen LogP contribution in [-0.4, -0.2) is 24.4 Å². The largest absolute Gasteiger partial charge is 0.292 e. The molecule has 0 radical (unpaired) electrons. The molecular weight excluding hydrogens is 316 g/mol. The Bertz CT molecular complexity index is 1200. The van der Waals surface area contributed by atoms with Gasteiger partial charge < -0.3 is 0 Å². The van der Waals surface area contributed by atoms with Crippen LogP contribution in [0.15, 0.2) is 35.3 Å². The summed E-state index contributed by atoms with van der Waals surface area (Å²) < 4.78 is 3.24. The minimum absolute atomic E-state index is 0.236. The van der Waals surface area contributed by atoms with Gasteiger partial charge in [-0.3, -0.25) is 14.6 Å². The van der Waals surface area contributed by atoms with Crippen LogP contribution in [-0.2, 0) is 13.0 Å². The zero-order valence-electron chi connectivity index (χ0n) is 13.9. The molecule has 0 aliphatic rings. The van der Waals surface area contributed by atoms with Crippen LogP contribution >= 0.6 is 0 Å². The van der Waals surface area contributed by atoms with E-state index in [2.05, 4.69) is 21.3 Å². The fourth-order valence-corrected chi connectivity index (χ4v) is 3.10. The van der Waals surface area contributed by atoms with E-state index in [1.807, 2.05) is 36.7 Å². The summed E-state index contributed by atoms with van der Waals surface area (Å²) in [5.74, 6) is 0. The Hall–Kier alpha value is -3.40. The van der Waals surface area contributed by atoms with Crippen molar-refractivity contribution in [1.29, 1.82) is 5.26 Å². The van der Waals surface area contributed by atoms with E-state index in [1.165, 1.54) is 10.6 Å². The molecule has 4 rings (SSSR count). The molecule has 0 saturated carbocycles. The molecule has 0 saturated heterocycles. The molecule has 25 heavy (non-hydrogen) atoms. The van der Waals surface area contributed by atoms with Gasteiger partial charge in [-0.1, -0.05) is 13.0 Å². The van der Waals surface area contributed by atoms with Gasteiger partial charge in [0, 0.05) is 23.6 Å². The smallest absolute Gasteiger partial charge is 0.273 e. The molecule has 7 nitrogen and oxygen atoms in total. The molecule has 7 heteroatoms. The van der Waals surface area contributed by atoms with E-state index in [0.717, 1.165) is 23.0 Å². The number of fused-ring (bicyclic) bond motifs is 2. The first-order chi connectivity index (χ1) is 12.2. The summed E-state index contributed by atoms with van der Waals surface area (Å²) in [4.78, 5) is 17.0. The lowest BCUT2D eigenvalue weighted by atomic mass is 10.1. The molecule has 3 aromatic heterocycles. The van der Waals surface area contributed by atoms with Crippen molar-refractivity contribution < 1.29 is 0 Å². The number of nitriles is 1. The van der Waals surface area contributed by atoms with E-state index >= 15 is 0 Å². The van der Waals surface area contributed by atoms with Gasteiger partial charge in [-0.15, -0.1) is 0 Å². The summed E-state index contributed by atoms with van der Waals surface area (Å²) in [6, 6.07) is 9.50. The third-order valence-electron chi connectivity index (χ3n) is 4.39. The van der Waals surface area contributed by atoms with Gasteiger partial charge in [0.2, 0.25) is 0 Å². The Morgan fingerprint density at radius 2 is 2.12 bits per heavy atom. The van der Waals surface area contributed by atoms with E-state index in [1.54, 1.807) is 6.20 Å². The molecule has 0 aliphatic heterocycles. The van der Waals surface area contributed by atoms with Gasteiger partial charge in [-0.2, -0.15) is 14.9 Å². The van der Waals surface area contributed by atoms with E-state index in [0.29, 0.717) is 29.0 Å². The summed E-state index contributed by atoms with van der Waals surface area (Å²) >= 11 is 0. The van der Waals surface area contributed by atoms with Crippen molar-refractivity contribution in [1.82, 2.24) is 24.4 Å².